The third-order valence-electron chi connectivity index (χ3n) is 3.87. The predicted molar refractivity (Wildman–Crippen MR) is 68.9 cm³/mol. The van der Waals surface area contributed by atoms with Gasteiger partial charge in [-0.25, -0.2) is 9.59 Å². The average molecular weight is 310 g/mol. The molecule has 0 N–H and O–H groups in total. The number of rotatable bonds is 1. The minimum Gasteiger partial charge on any atom is -0.273 e. The fourth-order valence-corrected chi connectivity index (χ4v) is 2.44. The van der Waals surface area contributed by atoms with Gasteiger partial charge in [0.05, 0.1) is 0 Å². The van der Waals surface area contributed by atoms with Crippen LogP contribution in [0.25, 0.3) is 0 Å². The summed E-state index contributed by atoms with van der Waals surface area (Å²) in [4.78, 5) is 74.9. The van der Waals surface area contributed by atoms with E-state index >= 15 is 0 Å². The van der Waals surface area contributed by atoms with E-state index in [9.17, 15) is 28.8 Å². The van der Waals surface area contributed by atoms with Crippen LogP contribution < -0.4 is 0 Å². The Bertz CT molecular complexity index is 527. The van der Waals surface area contributed by atoms with Crippen LogP contribution in [-0.2, 0) is 19.2 Å². The van der Waals surface area contributed by atoms with E-state index < -0.39 is 47.5 Å². The van der Waals surface area contributed by atoms with E-state index in [2.05, 4.69) is 0 Å². The zero-order chi connectivity index (χ0) is 16.9. The molecule has 118 valence electrons. The molecule has 2 fully saturated rings. The van der Waals surface area contributed by atoms with Crippen molar-refractivity contribution >= 4 is 35.7 Å². The lowest BCUT2D eigenvalue weighted by Gasteiger charge is -2.39. The Labute approximate surface area is 125 Å². The number of carbonyl (C=O) groups excluding carboxylic acids is 6. The first-order valence-corrected chi connectivity index (χ1v) is 6.29. The van der Waals surface area contributed by atoms with Gasteiger partial charge in [-0.05, 0) is 0 Å². The van der Waals surface area contributed by atoms with Gasteiger partial charge in [-0.3, -0.25) is 38.8 Å². The molecular formula is C12H14N4O6. The number of nitrogens with zero attached hydrogens (tertiary/aromatic N) is 4. The smallest absolute Gasteiger partial charge is 0.273 e. The van der Waals surface area contributed by atoms with Crippen molar-refractivity contribution in [1.29, 1.82) is 0 Å². The van der Waals surface area contributed by atoms with E-state index in [1.165, 1.54) is 0 Å². The standard InChI is InChI=1S/C12H14N4O6/c1-13-7(17)5(8(18)14(2)11(13)21)6-9(19)15(3)12(22)16(4)10(6)20/h5-6H,1-4H3. The van der Waals surface area contributed by atoms with E-state index in [1.807, 2.05) is 0 Å². The highest BCUT2D eigenvalue weighted by molar-refractivity contribution is 6.24. The number of urea groups is 2. The van der Waals surface area contributed by atoms with Gasteiger partial charge in [0.15, 0.2) is 0 Å². The maximum atomic E-state index is 12.2. The summed E-state index contributed by atoms with van der Waals surface area (Å²) in [5, 5.41) is 0. The summed E-state index contributed by atoms with van der Waals surface area (Å²) >= 11 is 0. The van der Waals surface area contributed by atoms with E-state index in [1.54, 1.807) is 0 Å². The molecule has 0 aromatic carbocycles. The molecule has 8 amide bonds. The molecule has 10 nitrogen and oxygen atoms in total. The van der Waals surface area contributed by atoms with Crippen LogP contribution in [0.1, 0.15) is 0 Å². The van der Waals surface area contributed by atoms with Crippen LogP contribution in [0.4, 0.5) is 9.59 Å². The number of carbonyl (C=O) groups is 6. The zero-order valence-corrected chi connectivity index (χ0v) is 12.4. The molecule has 0 atom stereocenters. The van der Waals surface area contributed by atoms with Gasteiger partial charge in [-0.15, -0.1) is 0 Å². The molecule has 2 aliphatic heterocycles. The summed E-state index contributed by atoms with van der Waals surface area (Å²) in [6.07, 6.45) is 0. The summed E-state index contributed by atoms with van der Waals surface area (Å²) in [6, 6.07) is -1.69. The Morgan fingerprint density at radius 3 is 0.864 bits per heavy atom. The molecule has 0 aromatic heterocycles. The first kappa shape index (κ1) is 15.6. The van der Waals surface area contributed by atoms with Crippen molar-refractivity contribution in [1.82, 2.24) is 19.6 Å². The lowest BCUT2D eigenvalue weighted by Crippen LogP contribution is -2.66. The molecule has 0 bridgehead atoms. The fourth-order valence-electron chi connectivity index (χ4n) is 2.44. The summed E-state index contributed by atoms with van der Waals surface area (Å²) in [5.41, 5.74) is 0. The summed E-state index contributed by atoms with van der Waals surface area (Å²) < 4.78 is 0. The summed E-state index contributed by atoms with van der Waals surface area (Å²) in [5.74, 6) is -7.12. The van der Waals surface area contributed by atoms with Crippen LogP contribution in [0, 0.1) is 11.8 Å². The summed E-state index contributed by atoms with van der Waals surface area (Å²) in [7, 11) is 4.60. The molecule has 0 aromatic rings. The van der Waals surface area contributed by atoms with E-state index in [-0.39, 0.29) is 0 Å². The highest BCUT2D eigenvalue weighted by Gasteiger charge is 2.56. The molecular weight excluding hydrogens is 296 g/mol. The number of barbiturate groups is 2. The number of hydrogen-bond acceptors (Lipinski definition) is 6. The van der Waals surface area contributed by atoms with Crippen molar-refractivity contribution in [2.75, 3.05) is 28.2 Å². The number of imide groups is 4. The van der Waals surface area contributed by atoms with Crippen molar-refractivity contribution < 1.29 is 28.8 Å². The van der Waals surface area contributed by atoms with Crippen LogP contribution >= 0.6 is 0 Å². The second kappa shape index (κ2) is 4.90. The Balaban J connectivity index is 2.48. The maximum Gasteiger partial charge on any atom is 0.332 e. The van der Waals surface area contributed by atoms with Crippen LogP contribution in [0.3, 0.4) is 0 Å². The number of amides is 8. The van der Waals surface area contributed by atoms with Gasteiger partial charge in [0.2, 0.25) is 23.6 Å². The minimum atomic E-state index is -1.66. The number of hydrogen-bond donors (Lipinski definition) is 0. The van der Waals surface area contributed by atoms with Crippen LogP contribution in [0.15, 0.2) is 0 Å². The topological polar surface area (TPSA) is 115 Å². The first-order valence-electron chi connectivity index (χ1n) is 6.29. The van der Waals surface area contributed by atoms with Crippen LogP contribution in [0.2, 0.25) is 0 Å². The van der Waals surface area contributed by atoms with Crippen molar-refractivity contribution in [3.05, 3.63) is 0 Å². The van der Waals surface area contributed by atoms with Crippen molar-refractivity contribution in [2.45, 2.75) is 0 Å². The van der Waals surface area contributed by atoms with E-state index in [0.29, 0.717) is 19.6 Å². The van der Waals surface area contributed by atoms with Gasteiger partial charge in [-0.2, -0.15) is 0 Å². The molecule has 2 rings (SSSR count). The molecule has 0 spiro atoms. The largest absolute Gasteiger partial charge is 0.332 e. The Morgan fingerprint density at radius 2 is 0.682 bits per heavy atom. The lowest BCUT2D eigenvalue weighted by atomic mass is 9.85. The minimum absolute atomic E-state index is 0.670. The molecule has 0 aliphatic carbocycles. The van der Waals surface area contributed by atoms with Crippen LogP contribution in [0.5, 0.6) is 0 Å². The maximum absolute atomic E-state index is 12.2. The Morgan fingerprint density at radius 1 is 0.500 bits per heavy atom. The van der Waals surface area contributed by atoms with Crippen molar-refractivity contribution in [3.8, 4) is 0 Å². The lowest BCUT2D eigenvalue weighted by molar-refractivity contribution is -0.163. The molecule has 22 heavy (non-hydrogen) atoms. The molecule has 10 heteroatoms. The summed E-state index contributed by atoms with van der Waals surface area (Å²) in [6.45, 7) is 0. The van der Waals surface area contributed by atoms with E-state index in [0.717, 1.165) is 28.2 Å². The quantitative estimate of drug-likeness (QED) is 0.534. The molecule has 2 heterocycles. The second-order valence-corrected chi connectivity index (χ2v) is 5.11. The van der Waals surface area contributed by atoms with Gasteiger partial charge < -0.3 is 0 Å². The Hall–Kier alpha value is -2.78. The molecule has 0 unspecified atom stereocenters. The molecule has 0 radical (unpaired) electrons. The van der Waals surface area contributed by atoms with Crippen molar-refractivity contribution in [3.63, 3.8) is 0 Å². The van der Waals surface area contributed by atoms with Gasteiger partial charge in [0.25, 0.3) is 0 Å². The predicted octanol–water partition coefficient (Wildman–Crippen LogP) is -1.68. The van der Waals surface area contributed by atoms with Crippen LogP contribution in [-0.4, -0.2) is 83.5 Å². The molecule has 0 saturated carbocycles. The van der Waals surface area contributed by atoms with Gasteiger partial charge in [0.1, 0.15) is 11.8 Å². The second-order valence-electron chi connectivity index (χ2n) is 5.11. The fraction of sp³-hybridized carbons (Fsp3) is 0.500. The van der Waals surface area contributed by atoms with Crippen molar-refractivity contribution in [2.24, 2.45) is 11.8 Å². The monoisotopic (exact) mass is 310 g/mol. The molecule has 2 saturated heterocycles. The van der Waals surface area contributed by atoms with E-state index in [4.69, 9.17) is 0 Å². The van der Waals surface area contributed by atoms with Gasteiger partial charge in [0, 0.05) is 28.2 Å². The highest BCUT2D eigenvalue weighted by atomic mass is 16.2. The van der Waals surface area contributed by atoms with Gasteiger partial charge in [-0.1, -0.05) is 0 Å². The highest BCUT2D eigenvalue weighted by Crippen LogP contribution is 2.28. The third-order valence-corrected chi connectivity index (χ3v) is 3.87. The first-order chi connectivity index (χ1) is 10.1. The third kappa shape index (κ3) is 1.87. The molecule has 2 aliphatic rings. The normalized spacial score (nSPS) is 22.4. The SMILES string of the molecule is CN1C(=O)C(C2C(=O)N(C)C(=O)N(C)C2=O)C(=O)N(C)C1=O. The Kier molecular flexibility index (Phi) is 3.47. The zero-order valence-electron chi connectivity index (χ0n) is 12.4. The average Bonchev–Trinajstić information content (AvgIpc) is 2.50. The van der Waals surface area contributed by atoms with Gasteiger partial charge >= 0.3 is 12.1 Å².